The van der Waals surface area contributed by atoms with Crippen LogP contribution in [0.5, 0.6) is 11.5 Å². The van der Waals surface area contributed by atoms with Gasteiger partial charge < -0.3 is 9.84 Å². The molecule has 0 saturated heterocycles. The summed E-state index contributed by atoms with van der Waals surface area (Å²) in [6.45, 7) is -0.300. The van der Waals surface area contributed by atoms with Gasteiger partial charge in [-0.3, -0.25) is 0 Å². The molecule has 0 spiro atoms. The number of aliphatic hydroxyl groups is 1. The molecule has 0 amide bonds. The van der Waals surface area contributed by atoms with Gasteiger partial charge >= 0.3 is 0 Å². The molecule has 0 fully saturated rings. The molecule has 0 aromatic heterocycles. The normalized spacial score (nSPS) is 10.0. The van der Waals surface area contributed by atoms with Crippen LogP contribution in [-0.4, -0.2) is 5.11 Å². The molecule has 0 radical (unpaired) electrons. The van der Waals surface area contributed by atoms with Crippen molar-refractivity contribution < 1.29 is 14.2 Å². The molecule has 2 rings (SSSR count). The molecule has 2 aromatic rings. The zero-order valence-corrected chi connectivity index (χ0v) is 10.5. The second kappa shape index (κ2) is 5.70. The van der Waals surface area contributed by atoms with E-state index in [9.17, 15) is 4.39 Å². The number of ether oxygens (including phenoxy) is 1. The summed E-state index contributed by atoms with van der Waals surface area (Å²) in [5, 5.41) is 18.1. The van der Waals surface area contributed by atoms with E-state index in [2.05, 4.69) is 0 Å². The Morgan fingerprint density at radius 2 is 2.11 bits per heavy atom. The molecule has 96 valence electrons. The van der Waals surface area contributed by atoms with E-state index in [0.29, 0.717) is 16.9 Å². The van der Waals surface area contributed by atoms with Gasteiger partial charge in [0.05, 0.1) is 23.3 Å². The van der Waals surface area contributed by atoms with Crippen LogP contribution in [0.1, 0.15) is 11.1 Å². The van der Waals surface area contributed by atoms with Gasteiger partial charge in [-0.15, -0.1) is 0 Å². The molecule has 0 aliphatic heterocycles. The third-order valence-corrected chi connectivity index (χ3v) is 2.80. The lowest BCUT2D eigenvalue weighted by atomic mass is 10.1. The van der Waals surface area contributed by atoms with Crippen molar-refractivity contribution in [1.29, 1.82) is 5.26 Å². The van der Waals surface area contributed by atoms with Gasteiger partial charge in [0.15, 0.2) is 11.6 Å². The monoisotopic (exact) mass is 277 g/mol. The number of hydrogen-bond donors (Lipinski definition) is 1. The quantitative estimate of drug-likeness (QED) is 0.932. The van der Waals surface area contributed by atoms with Gasteiger partial charge in [-0.05, 0) is 35.9 Å². The van der Waals surface area contributed by atoms with E-state index in [-0.39, 0.29) is 17.4 Å². The van der Waals surface area contributed by atoms with Gasteiger partial charge in [0, 0.05) is 0 Å². The van der Waals surface area contributed by atoms with Crippen molar-refractivity contribution >= 4 is 11.6 Å². The molecule has 19 heavy (non-hydrogen) atoms. The second-order valence-corrected chi connectivity index (χ2v) is 4.15. The highest BCUT2D eigenvalue weighted by atomic mass is 35.5. The summed E-state index contributed by atoms with van der Waals surface area (Å²) >= 11 is 5.84. The summed E-state index contributed by atoms with van der Waals surface area (Å²) in [6, 6.07) is 10.6. The minimum atomic E-state index is -0.581. The molecule has 1 N–H and O–H groups in total. The first-order valence-electron chi connectivity index (χ1n) is 5.41. The SMILES string of the molecule is N#Cc1ccc(Oc2c(F)cccc2Cl)cc1CO. The first kappa shape index (κ1) is 13.3. The van der Waals surface area contributed by atoms with Crippen LogP contribution in [-0.2, 0) is 6.61 Å². The van der Waals surface area contributed by atoms with E-state index in [4.69, 9.17) is 26.7 Å². The molecule has 0 bridgehead atoms. The third-order valence-electron chi connectivity index (χ3n) is 2.51. The fraction of sp³-hybridized carbons (Fsp3) is 0.0714. The lowest BCUT2D eigenvalue weighted by molar-refractivity contribution is 0.281. The van der Waals surface area contributed by atoms with E-state index in [0.717, 1.165) is 0 Å². The van der Waals surface area contributed by atoms with Crippen LogP contribution in [0.4, 0.5) is 4.39 Å². The molecule has 0 aliphatic carbocycles. The first-order valence-corrected chi connectivity index (χ1v) is 5.79. The van der Waals surface area contributed by atoms with Crippen molar-refractivity contribution in [1.82, 2.24) is 0 Å². The maximum absolute atomic E-state index is 13.6. The molecule has 0 aliphatic rings. The maximum Gasteiger partial charge on any atom is 0.181 e. The van der Waals surface area contributed by atoms with Gasteiger partial charge in [0.1, 0.15) is 5.75 Å². The number of hydrogen-bond acceptors (Lipinski definition) is 3. The highest BCUT2D eigenvalue weighted by Crippen LogP contribution is 2.32. The summed E-state index contributed by atoms with van der Waals surface area (Å²) in [5.74, 6) is -0.366. The molecule has 0 heterocycles. The average Bonchev–Trinajstić information content (AvgIpc) is 2.42. The topological polar surface area (TPSA) is 53.2 Å². The van der Waals surface area contributed by atoms with Crippen LogP contribution in [0.15, 0.2) is 36.4 Å². The fourth-order valence-corrected chi connectivity index (χ4v) is 1.77. The van der Waals surface area contributed by atoms with Crippen LogP contribution in [0.3, 0.4) is 0 Å². The summed E-state index contributed by atoms with van der Waals surface area (Å²) in [4.78, 5) is 0. The highest BCUT2D eigenvalue weighted by Gasteiger charge is 2.10. The smallest absolute Gasteiger partial charge is 0.181 e. The fourth-order valence-electron chi connectivity index (χ4n) is 1.57. The molecule has 0 saturated carbocycles. The Morgan fingerprint density at radius 3 is 2.74 bits per heavy atom. The van der Waals surface area contributed by atoms with Crippen molar-refractivity contribution in [2.45, 2.75) is 6.61 Å². The van der Waals surface area contributed by atoms with Crippen LogP contribution in [0, 0.1) is 17.1 Å². The van der Waals surface area contributed by atoms with Crippen molar-refractivity contribution in [3.8, 4) is 17.6 Å². The first-order chi connectivity index (χ1) is 9.15. The van der Waals surface area contributed by atoms with Crippen molar-refractivity contribution in [3.05, 3.63) is 58.4 Å². The van der Waals surface area contributed by atoms with Crippen LogP contribution in [0.25, 0.3) is 0 Å². The van der Waals surface area contributed by atoms with E-state index < -0.39 is 5.82 Å². The van der Waals surface area contributed by atoms with E-state index >= 15 is 0 Å². The Labute approximate surface area is 114 Å². The average molecular weight is 278 g/mol. The standard InChI is InChI=1S/C14H9ClFNO2/c15-12-2-1-3-13(16)14(12)19-11-5-4-9(7-17)10(6-11)8-18/h1-6,18H,8H2. The molecular formula is C14H9ClFNO2. The molecule has 0 unspecified atom stereocenters. The summed E-state index contributed by atoms with van der Waals surface area (Å²) < 4.78 is 18.9. The van der Waals surface area contributed by atoms with Crippen molar-refractivity contribution in [2.24, 2.45) is 0 Å². The van der Waals surface area contributed by atoms with Crippen LogP contribution in [0.2, 0.25) is 5.02 Å². The maximum atomic E-state index is 13.6. The molecule has 3 nitrogen and oxygen atoms in total. The van der Waals surface area contributed by atoms with Gasteiger partial charge in [-0.2, -0.15) is 5.26 Å². The molecule has 5 heteroatoms. The van der Waals surface area contributed by atoms with E-state index in [1.54, 1.807) is 0 Å². The van der Waals surface area contributed by atoms with Gasteiger partial charge in [0.25, 0.3) is 0 Å². The number of benzene rings is 2. The highest BCUT2D eigenvalue weighted by molar-refractivity contribution is 6.32. The Balaban J connectivity index is 2.37. The number of para-hydroxylation sites is 1. The number of rotatable bonds is 3. The lowest BCUT2D eigenvalue weighted by Crippen LogP contribution is -1.93. The van der Waals surface area contributed by atoms with Crippen LogP contribution < -0.4 is 4.74 Å². The Hall–Kier alpha value is -2.09. The Kier molecular flexibility index (Phi) is 4.00. The zero-order chi connectivity index (χ0) is 13.8. The van der Waals surface area contributed by atoms with E-state index in [1.165, 1.54) is 36.4 Å². The molecule has 2 aromatic carbocycles. The van der Waals surface area contributed by atoms with Crippen molar-refractivity contribution in [3.63, 3.8) is 0 Å². The summed E-state index contributed by atoms with van der Waals surface area (Å²) in [7, 11) is 0. The van der Waals surface area contributed by atoms with Gasteiger partial charge in [-0.1, -0.05) is 17.7 Å². The number of nitrogens with zero attached hydrogens (tertiary/aromatic N) is 1. The minimum absolute atomic E-state index is 0.0854. The summed E-state index contributed by atoms with van der Waals surface area (Å²) in [6.07, 6.45) is 0. The second-order valence-electron chi connectivity index (χ2n) is 3.74. The largest absolute Gasteiger partial charge is 0.453 e. The van der Waals surface area contributed by atoms with Crippen LogP contribution >= 0.6 is 11.6 Å². The number of aliphatic hydroxyl groups excluding tert-OH is 1. The lowest BCUT2D eigenvalue weighted by Gasteiger charge is -2.10. The Bertz CT molecular complexity index is 632. The predicted octanol–water partition coefficient (Wildman–Crippen LogP) is 3.64. The predicted molar refractivity (Wildman–Crippen MR) is 68.6 cm³/mol. The van der Waals surface area contributed by atoms with Gasteiger partial charge in [-0.25, -0.2) is 4.39 Å². The number of halogens is 2. The number of nitriles is 1. The zero-order valence-electron chi connectivity index (χ0n) is 9.73. The summed E-state index contributed by atoms with van der Waals surface area (Å²) in [5.41, 5.74) is 0.752. The Morgan fingerprint density at radius 1 is 1.32 bits per heavy atom. The minimum Gasteiger partial charge on any atom is -0.453 e. The molecular weight excluding hydrogens is 269 g/mol. The van der Waals surface area contributed by atoms with Crippen molar-refractivity contribution in [2.75, 3.05) is 0 Å². The molecule has 0 atom stereocenters. The third kappa shape index (κ3) is 2.84. The van der Waals surface area contributed by atoms with E-state index in [1.807, 2.05) is 6.07 Å². The van der Waals surface area contributed by atoms with Gasteiger partial charge in [0.2, 0.25) is 0 Å².